The molecular weight excluding hydrogens is 268 g/mol. The van der Waals surface area contributed by atoms with Gasteiger partial charge in [-0.15, -0.1) is 0 Å². The summed E-state index contributed by atoms with van der Waals surface area (Å²) in [6.07, 6.45) is 2.91. The fourth-order valence-electron chi connectivity index (χ4n) is 1.97. The van der Waals surface area contributed by atoms with Crippen molar-refractivity contribution < 1.29 is 14.7 Å². The van der Waals surface area contributed by atoms with E-state index in [4.69, 9.17) is 0 Å². The summed E-state index contributed by atoms with van der Waals surface area (Å²) in [5.74, 6) is -0.997. The van der Waals surface area contributed by atoms with E-state index in [9.17, 15) is 14.7 Å². The minimum absolute atomic E-state index is 0.330. The van der Waals surface area contributed by atoms with Crippen LogP contribution in [0.4, 0.5) is 4.79 Å². The second-order valence-corrected chi connectivity index (χ2v) is 5.14. The largest absolute Gasteiger partial charge is 0.480 e. The average molecular weight is 292 g/mol. The molecule has 0 bridgehead atoms. The molecule has 0 aliphatic heterocycles. The fraction of sp³-hybridized carbons (Fsp3) is 0.500. The van der Waals surface area contributed by atoms with Crippen LogP contribution in [-0.2, 0) is 11.2 Å². The quantitative estimate of drug-likeness (QED) is 0.773. The van der Waals surface area contributed by atoms with Crippen molar-refractivity contribution in [2.45, 2.75) is 38.6 Å². The minimum Gasteiger partial charge on any atom is -0.480 e. The number of hydrogen-bond acceptors (Lipinski definition) is 2. The summed E-state index contributed by atoms with van der Waals surface area (Å²) in [4.78, 5) is 24.7. The van der Waals surface area contributed by atoms with Crippen LogP contribution in [0.5, 0.6) is 0 Å². The van der Waals surface area contributed by atoms with E-state index < -0.39 is 12.0 Å². The van der Waals surface area contributed by atoms with Gasteiger partial charge in [-0.2, -0.15) is 0 Å². The summed E-state index contributed by atoms with van der Waals surface area (Å²) < 4.78 is 0. The highest BCUT2D eigenvalue weighted by Gasteiger charge is 2.21. The van der Waals surface area contributed by atoms with Crippen molar-refractivity contribution in [2.24, 2.45) is 0 Å². The van der Waals surface area contributed by atoms with Crippen molar-refractivity contribution in [3.63, 3.8) is 0 Å². The zero-order valence-corrected chi connectivity index (χ0v) is 12.7. The molecule has 2 amide bonds. The van der Waals surface area contributed by atoms with Gasteiger partial charge in [-0.25, -0.2) is 9.59 Å². The molecule has 21 heavy (non-hydrogen) atoms. The van der Waals surface area contributed by atoms with Crippen molar-refractivity contribution >= 4 is 12.0 Å². The predicted molar refractivity (Wildman–Crippen MR) is 82.3 cm³/mol. The third-order valence-corrected chi connectivity index (χ3v) is 3.35. The monoisotopic (exact) mass is 292 g/mol. The maximum atomic E-state index is 11.9. The summed E-state index contributed by atoms with van der Waals surface area (Å²) in [5.41, 5.74) is 1.07. The number of hydrogen-bond donors (Lipinski definition) is 2. The number of unbranched alkanes of at least 4 members (excludes halogenated alkanes) is 1. The van der Waals surface area contributed by atoms with Crippen molar-refractivity contribution in [3.8, 4) is 0 Å². The molecule has 0 saturated carbocycles. The average Bonchev–Trinajstić information content (AvgIpc) is 2.49. The molecule has 2 N–H and O–H groups in total. The molecule has 1 atom stereocenters. The van der Waals surface area contributed by atoms with Gasteiger partial charge in [-0.05, 0) is 24.8 Å². The second-order valence-electron chi connectivity index (χ2n) is 5.14. The van der Waals surface area contributed by atoms with Crippen molar-refractivity contribution in [2.75, 3.05) is 13.6 Å². The number of carbonyl (C=O) groups excluding carboxylic acids is 1. The normalized spacial score (nSPS) is 11.7. The molecule has 0 fully saturated rings. The van der Waals surface area contributed by atoms with E-state index >= 15 is 0 Å². The summed E-state index contributed by atoms with van der Waals surface area (Å²) in [6, 6.07) is 8.47. The lowest BCUT2D eigenvalue weighted by Gasteiger charge is -2.21. The Balaban J connectivity index is 2.50. The van der Waals surface area contributed by atoms with Crippen LogP contribution in [0, 0.1) is 0 Å². The first kappa shape index (κ1) is 17.0. The van der Waals surface area contributed by atoms with Crippen molar-refractivity contribution in [1.82, 2.24) is 10.2 Å². The Morgan fingerprint density at radius 1 is 1.29 bits per heavy atom. The molecule has 0 unspecified atom stereocenters. The number of benzene rings is 1. The van der Waals surface area contributed by atoms with Crippen LogP contribution in [0.15, 0.2) is 30.3 Å². The Bertz CT molecular complexity index is 448. The maximum absolute atomic E-state index is 11.9. The third kappa shape index (κ3) is 6.29. The van der Waals surface area contributed by atoms with Gasteiger partial charge < -0.3 is 15.3 Å². The number of carboxylic acids is 1. The van der Waals surface area contributed by atoms with Crippen LogP contribution < -0.4 is 5.32 Å². The van der Waals surface area contributed by atoms with E-state index in [-0.39, 0.29) is 6.03 Å². The SMILES string of the molecule is CCCCN(C)C(=O)N[C@@H](CCc1ccccc1)C(=O)O. The molecule has 5 heteroatoms. The Morgan fingerprint density at radius 2 is 1.95 bits per heavy atom. The molecule has 0 radical (unpaired) electrons. The number of carbonyl (C=O) groups is 2. The van der Waals surface area contributed by atoms with Gasteiger partial charge in [-0.1, -0.05) is 43.7 Å². The van der Waals surface area contributed by atoms with Crippen LogP contribution in [-0.4, -0.2) is 41.6 Å². The molecule has 116 valence electrons. The zero-order valence-electron chi connectivity index (χ0n) is 12.7. The van der Waals surface area contributed by atoms with Crippen molar-refractivity contribution in [3.05, 3.63) is 35.9 Å². The highest BCUT2D eigenvalue weighted by molar-refractivity contribution is 5.82. The van der Waals surface area contributed by atoms with Crippen LogP contribution in [0.25, 0.3) is 0 Å². The number of aliphatic carboxylic acids is 1. The summed E-state index contributed by atoms with van der Waals surface area (Å²) in [6.45, 7) is 2.68. The van der Waals surface area contributed by atoms with Gasteiger partial charge in [0.1, 0.15) is 6.04 Å². The summed E-state index contributed by atoms with van der Waals surface area (Å²) in [7, 11) is 1.68. The fourth-order valence-corrected chi connectivity index (χ4v) is 1.97. The molecule has 1 aromatic rings. The molecular formula is C16H24N2O3. The predicted octanol–water partition coefficient (Wildman–Crippen LogP) is 2.51. The van der Waals surface area contributed by atoms with Gasteiger partial charge in [0.25, 0.3) is 0 Å². The third-order valence-electron chi connectivity index (χ3n) is 3.35. The Hall–Kier alpha value is -2.04. The topological polar surface area (TPSA) is 69.6 Å². The Labute approximate surface area is 126 Å². The van der Waals surface area contributed by atoms with Gasteiger partial charge in [0.05, 0.1) is 0 Å². The molecule has 0 spiro atoms. The molecule has 0 saturated heterocycles. The number of aryl methyl sites for hydroxylation is 1. The van der Waals surface area contributed by atoms with E-state index in [1.54, 1.807) is 7.05 Å². The maximum Gasteiger partial charge on any atom is 0.326 e. The number of amides is 2. The van der Waals surface area contributed by atoms with E-state index in [2.05, 4.69) is 5.32 Å². The minimum atomic E-state index is -0.997. The standard InChI is InChI=1S/C16H24N2O3/c1-3-4-12-18(2)16(21)17-14(15(19)20)11-10-13-8-6-5-7-9-13/h5-9,14H,3-4,10-12H2,1-2H3,(H,17,21)(H,19,20)/t14-/m0/s1. The van der Waals surface area contributed by atoms with E-state index in [1.165, 1.54) is 4.90 Å². The molecule has 0 aliphatic carbocycles. The number of rotatable bonds is 8. The van der Waals surface area contributed by atoms with Gasteiger partial charge in [0.2, 0.25) is 0 Å². The summed E-state index contributed by atoms with van der Waals surface area (Å²) >= 11 is 0. The number of carboxylic acid groups (broad SMARTS) is 1. The first-order valence-electron chi connectivity index (χ1n) is 7.33. The Morgan fingerprint density at radius 3 is 2.52 bits per heavy atom. The van der Waals surface area contributed by atoms with E-state index in [0.717, 1.165) is 18.4 Å². The number of nitrogens with one attached hydrogen (secondary N) is 1. The zero-order chi connectivity index (χ0) is 15.7. The van der Waals surface area contributed by atoms with Gasteiger partial charge in [-0.3, -0.25) is 0 Å². The highest BCUT2D eigenvalue weighted by Crippen LogP contribution is 2.06. The molecule has 0 heterocycles. The van der Waals surface area contributed by atoms with Gasteiger partial charge in [0.15, 0.2) is 0 Å². The second kappa shape index (κ2) is 9.00. The highest BCUT2D eigenvalue weighted by atomic mass is 16.4. The van der Waals surface area contributed by atoms with Gasteiger partial charge in [0, 0.05) is 13.6 Å². The molecule has 0 aromatic heterocycles. The number of urea groups is 1. The molecule has 1 aromatic carbocycles. The van der Waals surface area contributed by atoms with Crippen molar-refractivity contribution in [1.29, 1.82) is 0 Å². The first-order chi connectivity index (χ1) is 10.0. The summed E-state index contributed by atoms with van der Waals surface area (Å²) in [5, 5.41) is 11.8. The Kier molecular flexibility index (Phi) is 7.29. The number of nitrogens with zero attached hydrogens (tertiary/aromatic N) is 1. The van der Waals surface area contributed by atoms with Crippen LogP contribution >= 0.6 is 0 Å². The van der Waals surface area contributed by atoms with Crippen LogP contribution in [0.3, 0.4) is 0 Å². The van der Waals surface area contributed by atoms with E-state index in [0.29, 0.717) is 19.4 Å². The molecule has 5 nitrogen and oxygen atoms in total. The van der Waals surface area contributed by atoms with Crippen LogP contribution in [0.1, 0.15) is 31.7 Å². The van der Waals surface area contributed by atoms with E-state index in [1.807, 2.05) is 37.3 Å². The lowest BCUT2D eigenvalue weighted by atomic mass is 10.1. The smallest absolute Gasteiger partial charge is 0.326 e. The molecule has 1 rings (SSSR count). The van der Waals surface area contributed by atoms with Gasteiger partial charge >= 0.3 is 12.0 Å². The van der Waals surface area contributed by atoms with Crippen LogP contribution in [0.2, 0.25) is 0 Å². The lowest BCUT2D eigenvalue weighted by molar-refractivity contribution is -0.139. The first-order valence-corrected chi connectivity index (χ1v) is 7.33. The molecule has 0 aliphatic rings. The lowest BCUT2D eigenvalue weighted by Crippen LogP contribution is -2.47.